The summed E-state index contributed by atoms with van der Waals surface area (Å²) in [4.78, 5) is 18.7. The Bertz CT molecular complexity index is 904. The van der Waals surface area contributed by atoms with Crippen molar-refractivity contribution in [3.05, 3.63) is 46.8 Å². The summed E-state index contributed by atoms with van der Waals surface area (Å²) in [5.74, 6) is 1.14. The molecule has 9 heteroatoms. The summed E-state index contributed by atoms with van der Waals surface area (Å²) in [5.41, 5.74) is 1.16. The van der Waals surface area contributed by atoms with Crippen molar-refractivity contribution >= 4 is 23.0 Å². The number of rotatable bonds is 2. The van der Waals surface area contributed by atoms with E-state index in [0.717, 1.165) is 5.52 Å². The fourth-order valence-corrected chi connectivity index (χ4v) is 2.90. The molecule has 24 heavy (non-hydrogen) atoms. The van der Waals surface area contributed by atoms with Gasteiger partial charge in [0, 0.05) is 17.8 Å². The molecule has 1 fully saturated rings. The first-order chi connectivity index (χ1) is 11.6. The molecule has 4 rings (SSSR count). The van der Waals surface area contributed by atoms with Gasteiger partial charge in [0.1, 0.15) is 11.9 Å². The molecule has 0 aromatic carbocycles. The predicted octanol–water partition coefficient (Wildman–Crippen LogP) is 1.63. The second kappa shape index (κ2) is 5.88. The molecule has 1 aliphatic heterocycles. The molecule has 4 heterocycles. The maximum absolute atomic E-state index is 12.7. The van der Waals surface area contributed by atoms with E-state index in [1.807, 2.05) is 6.92 Å². The van der Waals surface area contributed by atoms with Gasteiger partial charge in [-0.1, -0.05) is 11.6 Å². The van der Waals surface area contributed by atoms with Crippen LogP contribution in [0.3, 0.4) is 0 Å². The van der Waals surface area contributed by atoms with Gasteiger partial charge >= 0.3 is 0 Å². The molecule has 3 aromatic rings. The number of aromatic nitrogens is 5. The molecule has 124 valence electrons. The SMILES string of the molecule is Cc1nc([C@H]2CN(C(=O)c3cc4cc(Cl)ccn4n3)CCO2)n[nH]1. The molecule has 0 bridgehead atoms. The summed E-state index contributed by atoms with van der Waals surface area (Å²) >= 11 is 5.98. The van der Waals surface area contributed by atoms with Gasteiger partial charge < -0.3 is 9.64 Å². The number of carbonyl (C=O) groups excluding carboxylic acids is 1. The Balaban J connectivity index is 1.56. The van der Waals surface area contributed by atoms with Crippen LogP contribution in [0.4, 0.5) is 0 Å². The van der Waals surface area contributed by atoms with Gasteiger partial charge in [0.2, 0.25) is 0 Å². The highest BCUT2D eigenvalue weighted by atomic mass is 35.5. The molecule has 0 unspecified atom stereocenters. The summed E-state index contributed by atoms with van der Waals surface area (Å²) in [7, 11) is 0. The predicted molar refractivity (Wildman–Crippen MR) is 85.9 cm³/mol. The zero-order valence-corrected chi connectivity index (χ0v) is 13.7. The van der Waals surface area contributed by atoms with Gasteiger partial charge in [0.05, 0.1) is 18.7 Å². The average molecular weight is 347 g/mol. The first-order valence-corrected chi connectivity index (χ1v) is 7.92. The monoisotopic (exact) mass is 346 g/mol. The normalized spacial score (nSPS) is 18.2. The smallest absolute Gasteiger partial charge is 0.274 e. The third kappa shape index (κ3) is 2.74. The molecular weight excluding hydrogens is 332 g/mol. The number of ether oxygens (including phenoxy) is 1. The van der Waals surface area contributed by atoms with Crippen LogP contribution in [0.15, 0.2) is 24.4 Å². The lowest BCUT2D eigenvalue weighted by atomic mass is 10.2. The number of nitrogens with zero attached hydrogens (tertiary/aromatic N) is 5. The molecule has 1 aliphatic rings. The molecular formula is C15H15ClN6O2. The Kier molecular flexibility index (Phi) is 3.70. The highest BCUT2D eigenvalue weighted by Gasteiger charge is 2.29. The van der Waals surface area contributed by atoms with Crippen LogP contribution in [-0.2, 0) is 4.74 Å². The van der Waals surface area contributed by atoms with Crippen molar-refractivity contribution < 1.29 is 9.53 Å². The van der Waals surface area contributed by atoms with Crippen molar-refractivity contribution in [3.63, 3.8) is 0 Å². The highest BCUT2D eigenvalue weighted by Crippen LogP contribution is 2.21. The van der Waals surface area contributed by atoms with E-state index in [9.17, 15) is 4.79 Å². The number of aromatic amines is 1. The topological polar surface area (TPSA) is 88.4 Å². The lowest BCUT2D eigenvalue weighted by Crippen LogP contribution is -2.42. The third-order valence-electron chi connectivity index (χ3n) is 3.90. The van der Waals surface area contributed by atoms with E-state index in [0.29, 0.717) is 42.1 Å². The molecule has 1 N–H and O–H groups in total. The maximum atomic E-state index is 12.7. The third-order valence-corrected chi connectivity index (χ3v) is 4.14. The number of nitrogens with one attached hydrogen (secondary N) is 1. The maximum Gasteiger partial charge on any atom is 0.274 e. The molecule has 1 atom stereocenters. The van der Waals surface area contributed by atoms with E-state index >= 15 is 0 Å². The Morgan fingerprint density at radius 1 is 1.46 bits per heavy atom. The zero-order chi connectivity index (χ0) is 16.7. The number of fused-ring (bicyclic) bond motifs is 1. The molecule has 1 amide bonds. The quantitative estimate of drug-likeness (QED) is 0.761. The number of aryl methyl sites for hydroxylation is 1. The summed E-state index contributed by atoms with van der Waals surface area (Å²) in [6.45, 7) is 3.16. The molecule has 1 saturated heterocycles. The van der Waals surface area contributed by atoms with Crippen LogP contribution < -0.4 is 0 Å². The van der Waals surface area contributed by atoms with Gasteiger partial charge in [0.15, 0.2) is 11.5 Å². The Labute approximate surface area is 142 Å². The molecule has 0 spiro atoms. The molecule has 0 saturated carbocycles. The summed E-state index contributed by atoms with van der Waals surface area (Å²) in [6, 6.07) is 5.23. The Hall–Kier alpha value is -2.45. The largest absolute Gasteiger partial charge is 0.366 e. The van der Waals surface area contributed by atoms with Crippen LogP contribution in [0.25, 0.3) is 5.52 Å². The van der Waals surface area contributed by atoms with Crippen LogP contribution in [0.1, 0.15) is 28.2 Å². The number of H-pyrrole nitrogens is 1. The lowest BCUT2D eigenvalue weighted by Gasteiger charge is -2.31. The number of hydrogen-bond donors (Lipinski definition) is 1. The fraction of sp³-hybridized carbons (Fsp3) is 0.333. The van der Waals surface area contributed by atoms with E-state index < -0.39 is 0 Å². The number of hydrogen-bond acceptors (Lipinski definition) is 5. The second-order valence-corrected chi connectivity index (χ2v) is 6.07. The van der Waals surface area contributed by atoms with E-state index in [2.05, 4.69) is 20.3 Å². The van der Waals surface area contributed by atoms with Crippen molar-refractivity contribution in [2.45, 2.75) is 13.0 Å². The van der Waals surface area contributed by atoms with Crippen molar-refractivity contribution in [3.8, 4) is 0 Å². The molecule has 8 nitrogen and oxygen atoms in total. The Morgan fingerprint density at radius 2 is 2.33 bits per heavy atom. The minimum Gasteiger partial charge on any atom is -0.366 e. The first-order valence-electron chi connectivity index (χ1n) is 7.55. The van der Waals surface area contributed by atoms with Crippen LogP contribution in [0.5, 0.6) is 0 Å². The number of amides is 1. The minimum atomic E-state index is -0.334. The summed E-state index contributed by atoms with van der Waals surface area (Å²) in [6.07, 6.45) is 1.40. The van der Waals surface area contributed by atoms with Gasteiger partial charge in [0.25, 0.3) is 5.91 Å². The van der Waals surface area contributed by atoms with Crippen molar-refractivity contribution in [2.75, 3.05) is 19.7 Å². The fourth-order valence-electron chi connectivity index (χ4n) is 2.73. The van der Waals surface area contributed by atoms with E-state index in [-0.39, 0.29) is 12.0 Å². The van der Waals surface area contributed by atoms with Crippen LogP contribution >= 0.6 is 11.6 Å². The van der Waals surface area contributed by atoms with Gasteiger partial charge in [-0.15, -0.1) is 0 Å². The van der Waals surface area contributed by atoms with Gasteiger partial charge in [-0.2, -0.15) is 10.2 Å². The second-order valence-electron chi connectivity index (χ2n) is 5.63. The standard InChI is InChI=1S/C15H15ClN6O2/c1-9-17-14(19-18-9)13-8-21(4-5-24-13)15(23)12-7-11-6-10(16)2-3-22(11)20-12/h2-3,6-7,13H,4-5,8H2,1H3,(H,17,18,19)/t13-/m1/s1. The highest BCUT2D eigenvalue weighted by molar-refractivity contribution is 6.30. The molecule has 3 aromatic heterocycles. The van der Waals surface area contributed by atoms with Crippen LogP contribution in [-0.4, -0.2) is 55.3 Å². The van der Waals surface area contributed by atoms with E-state index in [1.165, 1.54) is 0 Å². The number of halogens is 1. The average Bonchev–Trinajstić information content (AvgIpc) is 3.20. The first kappa shape index (κ1) is 15.1. The van der Waals surface area contributed by atoms with Crippen molar-refractivity contribution in [1.82, 2.24) is 29.7 Å². The van der Waals surface area contributed by atoms with Crippen molar-refractivity contribution in [2.24, 2.45) is 0 Å². The summed E-state index contributed by atoms with van der Waals surface area (Å²) < 4.78 is 7.32. The van der Waals surface area contributed by atoms with Gasteiger partial charge in [-0.05, 0) is 25.1 Å². The number of pyridine rings is 1. The molecule has 0 radical (unpaired) electrons. The van der Waals surface area contributed by atoms with E-state index in [4.69, 9.17) is 16.3 Å². The lowest BCUT2D eigenvalue weighted by molar-refractivity contribution is -0.0268. The van der Waals surface area contributed by atoms with Crippen LogP contribution in [0.2, 0.25) is 5.02 Å². The zero-order valence-electron chi connectivity index (χ0n) is 12.9. The van der Waals surface area contributed by atoms with Gasteiger partial charge in [-0.25, -0.2) is 9.50 Å². The number of morpholine rings is 1. The van der Waals surface area contributed by atoms with E-state index in [1.54, 1.807) is 33.8 Å². The van der Waals surface area contributed by atoms with Gasteiger partial charge in [-0.3, -0.25) is 9.89 Å². The number of carbonyl (C=O) groups is 1. The molecule has 0 aliphatic carbocycles. The van der Waals surface area contributed by atoms with Crippen LogP contribution in [0, 0.1) is 6.92 Å². The minimum absolute atomic E-state index is 0.143. The summed E-state index contributed by atoms with van der Waals surface area (Å²) in [5, 5.41) is 11.8. The Morgan fingerprint density at radius 3 is 3.12 bits per heavy atom. The van der Waals surface area contributed by atoms with Crippen molar-refractivity contribution in [1.29, 1.82) is 0 Å².